The maximum atomic E-state index is 15.2. The van der Waals surface area contributed by atoms with Crippen molar-refractivity contribution in [1.29, 1.82) is 0 Å². The molecule has 0 spiro atoms. The van der Waals surface area contributed by atoms with Gasteiger partial charge in [0.1, 0.15) is 10.7 Å². The Bertz CT molecular complexity index is 1330. The van der Waals surface area contributed by atoms with E-state index in [4.69, 9.17) is 0 Å². The molecule has 0 bridgehead atoms. The molecular weight excluding hydrogens is 427 g/mol. The number of pyridine rings is 1. The van der Waals surface area contributed by atoms with Crippen LogP contribution in [0.4, 0.5) is 10.1 Å². The molecule has 1 fully saturated rings. The van der Waals surface area contributed by atoms with Crippen molar-refractivity contribution >= 4 is 26.4 Å². The monoisotopic (exact) mass is 456 g/mol. The van der Waals surface area contributed by atoms with Crippen molar-refractivity contribution in [1.82, 2.24) is 4.57 Å². The molecule has 2 heterocycles. The summed E-state index contributed by atoms with van der Waals surface area (Å²) < 4.78 is 43.7. The van der Waals surface area contributed by atoms with E-state index in [-0.39, 0.29) is 21.2 Å². The first-order valence-corrected chi connectivity index (χ1v) is 12.7. The van der Waals surface area contributed by atoms with E-state index in [1.807, 2.05) is 6.92 Å². The molecule has 4 rings (SSSR count). The quantitative estimate of drug-likeness (QED) is 0.538. The Morgan fingerprint density at radius 3 is 2.62 bits per heavy atom. The van der Waals surface area contributed by atoms with Gasteiger partial charge in [-0.3, -0.25) is 4.79 Å². The van der Waals surface area contributed by atoms with Gasteiger partial charge in [-0.25, -0.2) is 12.8 Å². The number of piperidine rings is 1. The van der Waals surface area contributed by atoms with Crippen LogP contribution in [0.2, 0.25) is 0 Å². The fourth-order valence-electron chi connectivity index (χ4n) is 4.58. The molecule has 0 N–H and O–H groups in total. The van der Waals surface area contributed by atoms with Crippen molar-refractivity contribution in [3.05, 3.63) is 64.2 Å². The van der Waals surface area contributed by atoms with Gasteiger partial charge in [-0.1, -0.05) is 19.1 Å². The topological polar surface area (TPSA) is 59.4 Å². The Labute approximate surface area is 188 Å². The van der Waals surface area contributed by atoms with Crippen LogP contribution in [0.1, 0.15) is 45.1 Å². The molecule has 0 radical (unpaired) electrons. The fourth-order valence-corrected chi connectivity index (χ4v) is 6.05. The molecule has 1 aromatic heterocycles. The van der Waals surface area contributed by atoms with Crippen molar-refractivity contribution in [2.45, 2.75) is 68.8 Å². The van der Waals surface area contributed by atoms with E-state index >= 15 is 4.39 Å². The zero-order valence-electron chi connectivity index (χ0n) is 18.8. The van der Waals surface area contributed by atoms with Gasteiger partial charge in [0.25, 0.3) is 0 Å². The highest BCUT2D eigenvalue weighted by Crippen LogP contribution is 2.31. The summed E-state index contributed by atoms with van der Waals surface area (Å²) in [5.74, 6) is -0.489. The predicted octanol–water partition coefficient (Wildman–Crippen LogP) is 5.07. The molecule has 7 heteroatoms. The molecule has 0 aliphatic carbocycles. The van der Waals surface area contributed by atoms with Crippen LogP contribution in [0.25, 0.3) is 10.9 Å². The number of hydrogen-bond donors (Lipinski definition) is 0. The molecule has 0 amide bonds. The summed E-state index contributed by atoms with van der Waals surface area (Å²) in [4.78, 5) is 15.1. The van der Waals surface area contributed by atoms with Crippen LogP contribution in [0.5, 0.6) is 0 Å². The van der Waals surface area contributed by atoms with Gasteiger partial charge < -0.3 is 9.47 Å². The van der Waals surface area contributed by atoms with Gasteiger partial charge in [0.15, 0.2) is 0 Å². The van der Waals surface area contributed by atoms with Gasteiger partial charge in [0.2, 0.25) is 15.3 Å². The maximum absolute atomic E-state index is 15.2. The third kappa shape index (κ3) is 3.94. The van der Waals surface area contributed by atoms with E-state index in [9.17, 15) is 13.2 Å². The lowest BCUT2D eigenvalue weighted by molar-refractivity contribution is 0.476. The second kappa shape index (κ2) is 8.70. The summed E-state index contributed by atoms with van der Waals surface area (Å²) in [6.07, 6.45) is 5.28. The molecular formula is C25H29FN2O3S. The van der Waals surface area contributed by atoms with Gasteiger partial charge in [-0.2, -0.15) is 0 Å². The molecule has 3 aromatic rings. The molecule has 1 atom stereocenters. The van der Waals surface area contributed by atoms with Crippen molar-refractivity contribution in [3.63, 3.8) is 0 Å². The number of anilines is 1. The Kier molecular flexibility index (Phi) is 6.12. The lowest BCUT2D eigenvalue weighted by Gasteiger charge is -2.35. The van der Waals surface area contributed by atoms with Crippen LogP contribution in [0.15, 0.2) is 57.2 Å². The lowest BCUT2D eigenvalue weighted by atomic mass is 10.0. The number of halogens is 1. The van der Waals surface area contributed by atoms with Crippen molar-refractivity contribution in [2.24, 2.45) is 0 Å². The zero-order chi connectivity index (χ0) is 23.0. The summed E-state index contributed by atoms with van der Waals surface area (Å²) in [6.45, 7) is 7.15. The van der Waals surface area contributed by atoms with Crippen molar-refractivity contribution in [2.75, 3.05) is 11.4 Å². The van der Waals surface area contributed by atoms with E-state index in [1.165, 1.54) is 18.3 Å². The van der Waals surface area contributed by atoms with Crippen LogP contribution >= 0.6 is 0 Å². The molecule has 0 unspecified atom stereocenters. The number of aryl methyl sites for hydroxylation is 2. The third-order valence-electron chi connectivity index (χ3n) is 6.28. The fraction of sp³-hybridized carbons (Fsp3) is 0.400. The number of fused-ring (bicyclic) bond motifs is 1. The molecule has 1 saturated heterocycles. The van der Waals surface area contributed by atoms with E-state index in [2.05, 4.69) is 11.8 Å². The highest BCUT2D eigenvalue weighted by Gasteiger charge is 2.26. The number of benzene rings is 2. The van der Waals surface area contributed by atoms with Crippen LogP contribution in [-0.2, 0) is 16.4 Å². The van der Waals surface area contributed by atoms with Crippen LogP contribution in [-0.4, -0.2) is 25.6 Å². The van der Waals surface area contributed by atoms with Gasteiger partial charge >= 0.3 is 0 Å². The molecule has 1 aliphatic rings. The van der Waals surface area contributed by atoms with E-state index in [0.29, 0.717) is 17.7 Å². The molecule has 0 saturated carbocycles. The average molecular weight is 457 g/mol. The zero-order valence-corrected chi connectivity index (χ0v) is 19.6. The summed E-state index contributed by atoms with van der Waals surface area (Å²) in [5, 5.41) is 0.0955. The molecule has 2 aromatic carbocycles. The molecule has 5 nitrogen and oxygen atoms in total. The number of sulfone groups is 1. The van der Waals surface area contributed by atoms with Crippen LogP contribution in [0, 0.1) is 12.7 Å². The minimum absolute atomic E-state index is 0.0660. The Morgan fingerprint density at radius 2 is 1.94 bits per heavy atom. The largest absolute Gasteiger partial charge is 0.366 e. The molecule has 1 aliphatic heterocycles. The first-order chi connectivity index (χ1) is 15.2. The average Bonchev–Trinajstić information content (AvgIpc) is 2.76. The number of aromatic nitrogens is 1. The summed E-state index contributed by atoms with van der Waals surface area (Å²) in [7, 11) is -4.04. The normalized spacial score (nSPS) is 17.1. The maximum Gasteiger partial charge on any atom is 0.211 e. The second-order valence-electron chi connectivity index (χ2n) is 8.69. The first-order valence-electron chi connectivity index (χ1n) is 11.2. The van der Waals surface area contributed by atoms with Crippen molar-refractivity contribution < 1.29 is 12.8 Å². The summed E-state index contributed by atoms with van der Waals surface area (Å²) in [6, 6.07) is 9.63. The molecule has 170 valence electrons. The van der Waals surface area contributed by atoms with Gasteiger partial charge in [0, 0.05) is 25.3 Å². The highest BCUT2D eigenvalue weighted by molar-refractivity contribution is 7.91. The van der Waals surface area contributed by atoms with E-state index in [0.717, 1.165) is 37.8 Å². The first kappa shape index (κ1) is 22.5. The van der Waals surface area contributed by atoms with Gasteiger partial charge in [-0.05, 0) is 69.4 Å². The number of hydrogen-bond acceptors (Lipinski definition) is 4. The van der Waals surface area contributed by atoms with Crippen LogP contribution < -0.4 is 10.3 Å². The minimum Gasteiger partial charge on any atom is -0.366 e. The van der Waals surface area contributed by atoms with Crippen LogP contribution in [0.3, 0.4) is 0 Å². The Balaban J connectivity index is 1.95. The number of rotatable bonds is 5. The third-order valence-corrected chi connectivity index (χ3v) is 8.03. The minimum atomic E-state index is -4.04. The highest BCUT2D eigenvalue weighted by atomic mass is 32.2. The standard InChI is InChI=1S/C25H29FN2O3S/c1-4-11-27-16-24(32(30,31)19-10-7-8-17(2)13-19)25(29)20-14-21(26)23(15-22(20)27)28-12-6-5-9-18(28)3/h7-8,10,13-16,18H,4-6,9,11-12H2,1-3H3/t18-/m0/s1. The smallest absolute Gasteiger partial charge is 0.211 e. The SMILES string of the molecule is CCCn1cc(S(=O)(=O)c2cccc(C)c2)c(=O)c2cc(F)c(N3CCCC[C@@H]3C)cc21. The lowest BCUT2D eigenvalue weighted by Crippen LogP contribution is -2.38. The Morgan fingerprint density at radius 1 is 1.16 bits per heavy atom. The number of nitrogens with zero attached hydrogens (tertiary/aromatic N) is 2. The van der Waals surface area contributed by atoms with E-state index < -0.39 is 21.1 Å². The molecule has 32 heavy (non-hydrogen) atoms. The second-order valence-corrected chi connectivity index (χ2v) is 10.6. The van der Waals surface area contributed by atoms with Crippen molar-refractivity contribution in [3.8, 4) is 0 Å². The Hall–Kier alpha value is -2.67. The van der Waals surface area contributed by atoms with Gasteiger partial charge in [0.05, 0.1) is 21.5 Å². The summed E-state index contributed by atoms with van der Waals surface area (Å²) >= 11 is 0. The summed E-state index contributed by atoms with van der Waals surface area (Å²) in [5.41, 5.74) is 1.16. The van der Waals surface area contributed by atoms with Gasteiger partial charge in [-0.15, -0.1) is 0 Å². The van der Waals surface area contributed by atoms with E-state index in [1.54, 1.807) is 35.8 Å². The predicted molar refractivity (Wildman–Crippen MR) is 126 cm³/mol.